The zero-order chi connectivity index (χ0) is 26.9. The van der Waals surface area contributed by atoms with Gasteiger partial charge >= 0.3 is 0 Å². The molecule has 39 heavy (non-hydrogen) atoms. The molecule has 0 aromatic carbocycles. The summed E-state index contributed by atoms with van der Waals surface area (Å²) in [7, 11) is -1.44. The molecule has 6 aliphatic carbocycles. The van der Waals surface area contributed by atoms with E-state index in [9.17, 15) is 0 Å². The lowest BCUT2D eigenvalue weighted by Crippen LogP contribution is -2.51. The fraction of sp³-hybridized carbons (Fsp3) is 1.00. The monoisotopic (exact) mass is 568 g/mol. The number of hydrogen-bond donors (Lipinski definition) is 0. The van der Waals surface area contributed by atoms with Gasteiger partial charge in [-0.05, 0) is 115 Å². The Kier molecular flexibility index (Phi) is 8.17. The van der Waals surface area contributed by atoms with Crippen LogP contribution in [-0.4, -0.2) is 18.6 Å². The van der Waals surface area contributed by atoms with Crippen molar-refractivity contribution in [1.29, 1.82) is 0 Å². The van der Waals surface area contributed by atoms with Crippen molar-refractivity contribution in [3.8, 4) is 0 Å². The van der Waals surface area contributed by atoms with Crippen LogP contribution in [-0.2, 0) is 0 Å². The Balaban J connectivity index is 1.19. The Morgan fingerprint density at radius 1 is 0.564 bits per heavy atom. The molecule has 1 saturated heterocycles. The topological polar surface area (TPSA) is 0 Å². The molecule has 222 valence electrons. The van der Waals surface area contributed by atoms with Gasteiger partial charge in [0.2, 0.25) is 0 Å². The summed E-state index contributed by atoms with van der Waals surface area (Å²) in [6, 6.07) is 3.20. The molecule has 6 saturated carbocycles. The van der Waals surface area contributed by atoms with Crippen LogP contribution in [0.2, 0.25) is 23.2 Å². The highest BCUT2D eigenvalue weighted by molar-refractivity contribution is 8.01. The molecule has 15 atom stereocenters. The van der Waals surface area contributed by atoms with E-state index in [4.69, 9.17) is 0 Å². The van der Waals surface area contributed by atoms with Crippen molar-refractivity contribution in [2.75, 3.05) is 0 Å². The van der Waals surface area contributed by atoms with E-state index >= 15 is 0 Å². The molecule has 7 aliphatic rings. The van der Waals surface area contributed by atoms with Gasteiger partial charge in [-0.3, -0.25) is 0 Å². The molecule has 0 nitrogen and oxygen atoms in total. The van der Waals surface area contributed by atoms with Crippen LogP contribution in [0.4, 0.5) is 0 Å². The molecule has 0 N–H and O–H groups in total. The first-order valence-corrected chi connectivity index (χ1v) is 22.2. The standard InChI is InChI=1S/C37H64SSi/c1-6-39(7-2,37-25(5)24(4)34-31-17-10-11-21-33(31)38-35(34)37)36-23(3)22-32-29(19-13-20-30(32)36)28-18-12-15-26-14-8-9-16-27(26)28/h23-37H,6-22H2,1-5H3. The molecule has 1 aliphatic heterocycles. The number of hydrogen-bond acceptors (Lipinski definition) is 1. The normalized spacial score (nSPS) is 53.6. The smallest absolute Gasteiger partial charge is 0.0611 e. The molecular formula is C37H64SSi. The molecule has 0 aromatic rings. The third kappa shape index (κ3) is 4.38. The Morgan fingerprint density at radius 2 is 1.15 bits per heavy atom. The predicted octanol–water partition coefficient (Wildman–Crippen LogP) is 11.5. The van der Waals surface area contributed by atoms with Gasteiger partial charge in [0.25, 0.3) is 0 Å². The Bertz CT molecular complexity index is 848. The summed E-state index contributed by atoms with van der Waals surface area (Å²) in [5.74, 6) is 11.9. The zero-order valence-electron chi connectivity index (χ0n) is 26.6. The van der Waals surface area contributed by atoms with Gasteiger partial charge in [0.1, 0.15) is 0 Å². The molecule has 1 heterocycles. The summed E-state index contributed by atoms with van der Waals surface area (Å²) in [5, 5.41) is 2.08. The second-order valence-electron chi connectivity index (χ2n) is 16.8. The van der Waals surface area contributed by atoms with Crippen molar-refractivity contribution in [3.05, 3.63) is 0 Å². The maximum Gasteiger partial charge on any atom is 0.0611 e. The highest BCUT2D eigenvalue weighted by Crippen LogP contribution is 2.71. The Labute approximate surface area is 248 Å². The first-order valence-electron chi connectivity index (χ1n) is 18.7. The number of thioether (sulfide) groups is 1. The Hall–Kier alpha value is 0.567. The summed E-state index contributed by atoms with van der Waals surface area (Å²) in [4.78, 5) is 0. The van der Waals surface area contributed by atoms with Crippen molar-refractivity contribution in [2.24, 2.45) is 65.1 Å². The van der Waals surface area contributed by atoms with Crippen molar-refractivity contribution >= 4 is 19.8 Å². The minimum atomic E-state index is -1.44. The minimum absolute atomic E-state index is 0.989. The predicted molar refractivity (Wildman–Crippen MR) is 174 cm³/mol. The largest absolute Gasteiger partial charge is 0.155 e. The average molecular weight is 569 g/mol. The van der Waals surface area contributed by atoms with E-state index in [0.717, 1.165) is 86.7 Å². The quantitative estimate of drug-likeness (QED) is 0.297. The molecule has 7 fully saturated rings. The highest BCUT2D eigenvalue weighted by Gasteiger charge is 2.66. The van der Waals surface area contributed by atoms with Crippen molar-refractivity contribution in [1.82, 2.24) is 0 Å². The van der Waals surface area contributed by atoms with Crippen molar-refractivity contribution < 1.29 is 0 Å². The third-order valence-electron chi connectivity index (χ3n) is 16.0. The fourth-order valence-corrected chi connectivity index (χ4v) is 25.6. The van der Waals surface area contributed by atoms with E-state index in [1.54, 1.807) is 95.6 Å². The van der Waals surface area contributed by atoms with Gasteiger partial charge in [-0.2, -0.15) is 11.8 Å². The summed E-state index contributed by atoms with van der Waals surface area (Å²) in [6.45, 7) is 13.8. The highest BCUT2D eigenvalue weighted by atomic mass is 32.2. The van der Waals surface area contributed by atoms with Crippen LogP contribution in [0.5, 0.6) is 0 Å². The second kappa shape index (κ2) is 11.2. The summed E-state index contributed by atoms with van der Waals surface area (Å²) in [6.07, 6.45) is 23.7. The lowest BCUT2D eigenvalue weighted by atomic mass is 9.57. The van der Waals surface area contributed by atoms with Crippen LogP contribution in [0.15, 0.2) is 0 Å². The SMILES string of the molecule is CC[Si](CC)(C1C(C)CC2C(C3CCCC4CCCCC43)CCCC21)C1C(C)C(C)C2C3CCCCC3SC21. The lowest BCUT2D eigenvalue weighted by Gasteiger charge is -2.52. The second-order valence-corrected chi connectivity index (χ2v) is 23.4. The molecule has 15 unspecified atom stereocenters. The van der Waals surface area contributed by atoms with E-state index in [-0.39, 0.29) is 0 Å². The summed E-state index contributed by atoms with van der Waals surface area (Å²) in [5.41, 5.74) is 2.26. The average Bonchev–Trinajstić information content (AvgIpc) is 3.59. The minimum Gasteiger partial charge on any atom is -0.155 e. The zero-order valence-corrected chi connectivity index (χ0v) is 28.4. The molecule has 0 bridgehead atoms. The van der Waals surface area contributed by atoms with E-state index < -0.39 is 8.07 Å². The van der Waals surface area contributed by atoms with Crippen LogP contribution >= 0.6 is 11.8 Å². The number of rotatable bonds is 5. The van der Waals surface area contributed by atoms with Crippen LogP contribution in [0, 0.1) is 65.1 Å². The van der Waals surface area contributed by atoms with Gasteiger partial charge in [-0.25, -0.2) is 0 Å². The van der Waals surface area contributed by atoms with Crippen LogP contribution in [0.25, 0.3) is 0 Å². The van der Waals surface area contributed by atoms with E-state index in [0.29, 0.717) is 0 Å². The van der Waals surface area contributed by atoms with Gasteiger partial charge in [0.15, 0.2) is 0 Å². The van der Waals surface area contributed by atoms with Gasteiger partial charge < -0.3 is 0 Å². The molecule has 0 amide bonds. The summed E-state index contributed by atoms with van der Waals surface area (Å²) >= 11 is 2.60. The first-order chi connectivity index (χ1) is 19.0. The lowest BCUT2D eigenvalue weighted by molar-refractivity contribution is 0.0126. The molecule has 0 aromatic heterocycles. The summed E-state index contributed by atoms with van der Waals surface area (Å²) < 4.78 is 0. The van der Waals surface area contributed by atoms with Gasteiger partial charge in [-0.15, -0.1) is 0 Å². The van der Waals surface area contributed by atoms with Crippen LogP contribution < -0.4 is 0 Å². The van der Waals surface area contributed by atoms with Crippen molar-refractivity contribution in [3.63, 3.8) is 0 Å². The third-order valence-corrected chi connectivity index (χ3v) is 25.3. The first kappa shape index (κ1) is 28.3. The maximum absolute atomic E-state index is 2.81. The maximum atomic E-state index is 2.81. The van der Waals surface area contributed by atoms with E-state index in [2.05, 4.69) is 46.4 Å². The molecule has 7 rings (SSSR count). The Morgan fingerprint density at radius 3 is 1.92 bits per heavy atom. The van der Waals surface area contributed by atoms with Gasteiger partial charge in [0, 0.05) is 10.5 Å². The van der Waals surface area contributed by atoms with Crippen LogP contribution in [0.1, 0.15) is 131 Å². The number of fused-ring (bicyclic) bond motifs is 5. The van der Waals surface area contributed by atoms with E-state index in [1.807, 2.05) is 0 Å². The molecule has 0 radical (unpaired) electrons. The van der Waals surface area contributed by atoms with Gasteiger partial charge in [0.05, 0.1) is 8.07 Å². The van der Waals surface area contributed by atoms with Gasteiger partial charge in [-0.1, -0.05) is 104 Å². The van der Waals surface area contributed by atoms with Crippen molar-refractivity contribution in [2.45, 2.75) is 165 Å². The van der Waals surface area contributed by atoms with E-state index in [1.165, 1.54) is 12.8 Å². The fourth-order valence-electron chi connectivity index (χ4n) is 14.7. The van der Waals surface area contributed by atoms with Crippen LogP contribution in [0.3, 0.4) is 0 Å². The molecule has 2 heteroatoms. The molecule has 0 spiro atoms. The molecular weight excluding hydrogens is 505 g/mol.